The maximum Gasteiger partial charge on any atom is 0.348 e. The van der Waals surface area contributed by atoms with Gasteiger partial charge in [-0.3, -0.25) is 4.79 Å². The largest absolute Gasteiger partial charge is 0.453 e. The van der Waals surface area contributed by atoms with E-state index in [0.717, 1.165) is 16.9 Å². The minimum Gasteiger partial charge on any atom is -0.453 e. The molecule has 128 valence electrons. The molecule has 1 N–H and O–H groups in total. The number of carbonyl (C=O) groups is 2. The fourth-order valence-electron chi connectivity index (χ4n) is 2.03. The van der Waals surface area contributed by atoms with Crippen LogP contribution in [0.15, 0.2) is 47.0 Å². The van der Waals surface area contributed by atoms with Crippen molar-refractivity contribution in [1.29, 1.82) is 0 Å². The lowest BCUT2D eigenvalue weighted by Gasteiger charge is -1.99. The van der Waals surface area contributed by atoms with Crippen LogP contribution in [0.5, 0.6) is 0 Å². The average Bonchev–Trinajstić information content (AvgIpc) is 3.22. The Morgan fingerprint density at radius 2 is 2.00 bits per heavy atom. The van der Waals surface area contributed by atoms with Gasteiger partial charge in [0.25, 0.3) is 0 Å². The fourth-order valence-corrected chi connectivity index (χ4v) is 3.01. The van der Waals surface area contributed by atoms with E-state index in [-0.39, 0.29) is 12.5 Å². The number of hydrogen-bond acceptors (Lipinski definition) is 6. The van der Waals surface area contributed by atoms with E-state index in [1.807, 2.05) is 12.1 Å². The zero-order chi connectivity index (χ0) is 17.8. The first-order chi connectivity index (χ1) is 12.0. The van der Waals surface area contributed by atoms with E-state index in [1.165, 1.54) is 6.92 Å². The summed E-state index contributed by atoms with van der Waals surface area (Å²) in [6.07, 6.45) is 0. The number of esters is 1. The number of hydrogen-bond donors (Lipinski definition) is 1. The summed E-state index contributed by atoms with van der Waals surface area (Å²) >= 11 is 7.00. The lowest BCUT2D eigenvalue weighted by Crippen LogP contribution is -2.04. The summed E-state index contributed by atoms with van der Waals surface area (Å²) < 4.78 is 10.4. The molecule has 0 radical (unpaired) electrons. The van der Waals surface area contributed by atoms with Crippen molar-refractivity contribution in [3.8, 4) is 11.3 Å². The lowest BCUT2D eigenvalue weighted by atomic mass is 10.1. The molecule has 3 aromatic rings. The molecule has 0 aliphatic carbocycles. The molecule has 0 unspecified atom stereocenters. The third-order valence-electron chi connectivity index (χ3n) is 3.15. The van der Waals surface area contributed by atoms with Crippen LogP contribution in [0.3, 0.4) is 0 Å². The van der Waals surface area contributed by atoms with E-state index in [9.17, 15) is 9.59 Å². The summed E-state index contributed by atoms with van der Waals surface area (Å²) in [6, 6.07) is 12.1. The molecule has 3 rings (SSSR count). The van der Waals surface area contributed by atoms with Crippen molar-refractivity contribution >= 4 is 39.8 Å². The van der Waals surface area contributed by atoms with Gasteiger partial charge < -0.3 is 14.6 Å². The summed E-state index contributed by atoms with van der Waals surface area (Å²) in [5, 5.41) is 7.78. The van der Waals surface area contributed by atoms with E-state index in [2.05, 4.69) is 10.5 Å². The highest BCUT2D eigenvalue weighted by atomic mass is 35.5. The quantitative estimate of drug-likeness (QED) is 0.668. The van der Waals surface area contributed by atoms with Gasteiger partial charge in [-0.1, -0.05) is 28.9 Å². The van der Waals surface area contributed by atoms with Gasteiger partial charge >= 0.3 is 5.97 Å². The van der Waals surface area contributed by atoms with Crippen LogP contribution in [0.4, 0.5) is 5.00 Å². The molecule has 0 fully saturated rings. The van der Waals surface area contributed by atoms with Gasteiger partial charge in [-0.15, -0.1) is 11.3 Å². The Hall–Kier alpha value is -2.64. The van der Waals surface area contributed by atoms with Crippen molar-refractivity contribution in [2.45, 2.75) is 13.5 Å². The molecule has 0 spiro atoms. The second-order valence-electron chi connectivity index (χ2n) is 5.11. The molecule has 2 aromatic heterocycles. The van der Waals surface area contributed by atoms with Crippen LogP contribution in [-0.2, 0) is 16.1 Å². The van der Waals surface area contributed by atoms with Gasteiger partial charge in [0.05, 0.1) is 5.00 Å². The van der Waals surface area contributed by atoms with Gasteiger partial charge in [0.1, 0.15) is 10.6 Å². The number of carbonyl (C=O) groups excluding carboxylic acids is 2. The van der Waals surface area contributed by atoms with Crippen LogP contribution in [0.2, 0.25) is 5.02 Å². The predicted molar refractivity (Wildman–Crippen MR) is 94.7 cm³/mol. The highest BCUT2D eigenvalue weighted by Gasteiger charge is 2.14. The second kappa shape index (κ2) is 7.50. The van der Waals surface area contributed by atoms with Gasteiger partial charge in [-0.2, -0.15) is 0 Å². The molecule has 1 aromatic carbocycles. The number of ether oxygens (including phenoxy) is 1. The molecular formula is C17H13ClN2O4S. The highest BCUT2D eigenvalue weighted by Crippen LogP contribution is 2.24. The molecule has 0 atom stereocenters. The molecule has 0 saturated carbocycles. The summed E-state index contributed by atoms with van der Waals surface area (Å²) in [5.74, 6) is -0.263. The maximum absolute atomic E-state index is 12.0. The number of amides is 1. The van der Waals surface area contributed by atoms with Crippen molar-refractivity contribution in [1.82, 2.24) is 5.16 Å². The summed E-state index contributed by atoms with van der Waals surface area (Å²) in [6.45, 7) is 1.37. The van der Waals surface area contributed by atoms with E-state index < -0.39 is 5.97 Å². The smallest absolute Gasteiger partial charge is 0.348 e. The minimum absolute atomic E-state index is 0.0349. The number of nitrogens with zero attached hydrogens (tertiary/aromatic N) is 1. The van der Waals surface area contributed by atoms with Crippen LogP contribution in [0.1, 0.15) is 22.4 Å². The number of aromatic nitrogens is 1. The molecule has 0 saturated heterocycles. The molecule has 0 bridgehead atoms. The summed E-state index contributed by atoms with van der Waals surface area (Å²) in [5.41, 5.74) is 1.48. The van der Waals surface area contributed by atoms with Crippen molar-refractivity contribution in [2.24, 2.45) is 0 Å². The Morgan fingerprint density at radius 3 is 2.72 bits per heavy atom. The standard InChI is InChI=1S/C17H13ClN2O4S/c1-10(21)19-16-7-6-15(25-16)17(22)23-9-13-8-14(20-24-13)11-2-4-12(18)5-3-11/h2-8H,9H2,1H3,(H,19,21). The van der Waals surface area contributed by atoms with Crippen molar-refractivity contribution in [2.75, 3.05) is 5.32 Å². The second-order valence-corrected chi connectivity index (χ2v) is 6.63. The first-order valence-electron chi connectivity index (χ1n) is 7.27. The number of benzene rings is 1. The topological polar surface area (TPSA) is 81.4 Å². The third-order valence-corrected chi connectivity index (χ3v) is 4.38. The summed E-state index contributed by atoms with van der Waals surface area (Å²) in [7, 11) is 0. The Morgan fingerprint density at radius 1 is 1.24 bits per heavy atom. The van der Waals surface area contributed by atoms with E-state index in [1.54, 1.807) is 30.3 Å². The molecule has 0 aliphatic heterocycles. The number of halogens is 1. The number of nitrogens with one attached hydrogen (secondary N) is 1. The highest BCUT2D eigenvalue weighted by molar-refractivity contribution is 7.18. The zero-order valence-electron chi connectivity index (χ0n) is 13.1. The number of thiophene rings is 1. The van der Waals surface area contributed by atoms with Crippen molar-refractivity contribution in [3.05, 3.63) is 58.1 Å². The minimum atomic E-state index is -0.494. The number of rotatable bonds is 5. The lowest BCUT2D eigenvalue weighted by molar-refractivity contribution is -0.114. The Kier molecular flexibility index (Phi) is 5.16. The van der Waals surface area contributed by atoms with E-state index >= 15 is 0 Å². The first-order valence-corrected chi connectivity index (χ1v) is 8.47. The molecule has 0 aliphatic rings. The molecular weight excluding hydrogens is 364 g/mol. The van der Waals surface area contributed by atoms with Gasteiger partial charge in [-0.25, -0.2) is 4.79 Å². The first kappa shape index (κ1) is 17.2. The van der Waals surface area contributed by atoms with Crippen LogP contribution in [0.25, 0.3) is 11.3 Å². The third kappa shape index (κ3) is 4.46. The SMILES string of the molecule is CC(=O)Nc1ccc(C(=O)OCc2cc(-c3ccc(Cl)cc3)no2)s1. The summed E-state index contributed by atoms with van der Waals surface area (Å²) in [4.78, 5) is 23.4. The predicted octanol–water partition coefficient (Wildman–Crippen LogP) is 4.37. The number of anilines is 1. The Labute approximate surface area is 152 Å². The van der Waals surface area contributed by atoms with Crippen molar-refractivity contribution in [3.63, 3.8) is 0 Å². The van der Waals surface area contributed by atoms with Gasteiger partial charge in [0, 0.05) is 23.6 Å². The Balaban J connectivity index is 1.60. The van der Waals surface area contributed by atoms with E-state index in [0.29, 0.717) is 26.4 Å². The van der Waals surface area contributed by atoms with Gasteiger partial charge in [0.15, 0.2) is 12.4 Å². The Bertz CT molecular complexity index is 902. The van der Waals surface area contributed by atoms with Crippen LogP contribution < -0.4 is 5.32 Å². The van der Waals surface area contributed by atoms with Gasteiger partial charge in [0.2, 0.25) is 5.91 Å². The molecule has 1 amide bonds. The van der Waals surface area contributed by atoms with E-state index in [4.69, 9.17) is 20.9 Å². The molecule has 25 heavy (non-hydrogen) atoms. The monoisotopic (exact) mass is 376 g/mol. The fraction of sp³-hybridized carbons (Fsp3) is 0.118. The van der Waals surface area contributed by atoms with Crippen LogP contribution in [-0.4, -0.2) is 17.0 Å². The molecule has 2 heterocycles. The van der Waals surface area contributed by atoms with Gasteiger partial charge in [-0.05, 0) is 24.3 Å². The molecule has 6 nitrogen and oxygen atoms in total. The zero-order valence-corrected chi connectivity index (χ0v) is 14.7. The van der Waals surface area contributed by atoms with Crippen LogP contribution >= 0.6 is 22.9 Å². The average molecular weight is 377 g/mol. The molecule has 8 heteroatoms. The van der Waals surface area contributed by atoms with Crippen molar-refractivity contribution < 1.29 is 18.8 Å². The maximum atomic E-state index is 12.0. The normalized spacial score (nSPS) is 10.5. The van der Waals surface area contributed by atoms with Crippen LogP contribution in [0, 0.1) is 0 Å².